The number of hydrogen-bond donors (Lipinski definition) is 1. The summed E-state index contributed by atoms with van der Waals surface area (Å²) in [6.07, 6.45) is 6.23. The van der Waals surface area contributed by atoms with Gasteiger partial charge in [0, 0.05) is 24.9 Å². The molecule has 1 aliphatic carbocycles. The average Bonchev–Trinajstić information content (AvgIpc) is 2.76. The van der Waals surface area contributed by atoms with Crippen molar-refractivity contribution in [3.8, 4) is 0 Å². The smallest absolute Gasteiger partial charge is 0.234 e. The Morgan fingerprint density at radius 1 is 1.33 bits per heavy atom. The van der Waals surface area contributed by atoms with Gasteiger partial charge < -0.3 is 5.32 Å². The third-order valence-corrected chi connectivity index (χ3v) is 4.20. The van der Waals surface area contributed by atoms with Crippen molar-refractivity contribution >= 4 is 11.7 Å². The summed E-state index contributed by atoms with van der Waals surface area (Å²) in [4.78, 5) is 25.9. The maximum Gasteiger partial charge on any atom is 0.234 e. The number of rotatable bonds is 4. The van der Waals surface area contributed by atoms with E-state index in [2.05, 4.69) is 10.2 Å². The Balaban J connectivity index is 1.97. The van der Waals surface area contributed by atoms with E-state index in [1.54, 1.807) is 0 Å². The second-order valence-electron chi connectivity index (χ2n) is 5.45. The number of nitrogens with one attached hydrogen (secondary N) is 1. The number of hydrogen-bond acceptors (Lipinski definition) is 3. The maximum atomic E-state index is 11.9. The van der Waals surface area contributed by atoms with Crippen LogP contribution in [-0.4, -0.2) is 42.3 Å². The molecule has 1 N–H and O–H groups in total. The molecule has 0 aromatic rings. The Morgan fingerprint density at radius 2 is 2.17 bits per heavy atom. The lowest BCUT2D eigenvalue weighted by molar-refractivity contribution is -0.127. The van der Waals surface area contributed by atoms with Crippen molar-refractivity contribution < 1.29 is 9.59 Å². The van der Waals surface area contributed by atoms with Crippen molar-refractivity contribution in [2.24, 2.45) is 5.92 Å². The van der Waals surface area contributed by atoms with E-state index in [-0.39, 0.29) is 11.8 Å². The summed E-state index contributed by atoms with van der Waals surface area (Å²) in [6, 6.07) is 0.316. The zero-order valence-corrected chi connectivity index (χ0v) is 11.3. The van der Waals surface area contributed by atoms with E-state index in [1.165, 1.54) is 6.42 Å². The minimum absolute atomic E-state index is 0.0924. The summed E-state index contributed by atoms with van der Waals surface area (Å²) in [5, 5.41) is 2.85. The van der Waals surface area contributed by atoms with Crippen LogP contribution in [0.1, 0.15) is 45.4 Å². The fraction of sp³-hybridized carbons (Fsp3) is 0.857. The van der Waals surface area contributed by atoms with Gasteiger partial charge in [0.15, 0.2) is 0 Å². The zero-order valence-electron chi connectivity index (χ0n) is 11.3. The molecule has 0 radical (unpaired) electrons. The first kappa shape index (κ1) is 13.5. The molecule has 1 heterocycles. The van der Waals surface area contributed by atoms with Gasteiger partial charge in [-0.25, -0.2) is 0 Å². The molecule has 1 saturated carbocycles. The van der Waals surface area contributed by atoms with E-state index in [0.717, 1.165) is 38.6 Å². The van der Waals surface area contributed by atoms with Crippen LogP contribution < -0.4 is 5.32 Å². The van der Waals surface area contributed by atoms with Crippen LogP contribution >= 0.6 is 0 Å². The van der Waals surface area contributed by atoms with Gasteiger partial charge in [-0.05, 0) is 39.2 Å². The number of nitrogens with zero attached hydrogens (tertiary/aromatic N) is 1. The highest BCUT2D eigenvalue weighted by atomic mass is 16.2. The number of likely N-dealkylation sites (N-methyl/N-ethyl adjacent to an activating group) is 1. The lowest BCUT2D eigenvalue weighted by Gasteiger charge is -2.38. The minimum Gasteiger partial charge on any atom is -0.355 e. The van der Waals surface area contributed by atoms with Crippen molar-refractivity contribution in [3.05, 3.63) is 0 Å². The van der Waals surface area contributed by atoms with Crippen molar-refractivity contribution in [2.45, 2.75) is 51.5 Å². The summed E-state index contributed by atoms with van der Waals surface area (Å²) in [7, 11) is 0. The molecule has 2 fully saturated rings. The van der Waals surface area contributed by atoms with Crippen molar-refractivity contribution in [1.29, 1.82) is 0 Å². The summed E-state index contributed by atoms with van der Waals surface area (Å²) in [5.41, 5.74) is 0. The average molecular weight is 252 g/mol. The predicted octanol–water partition coefficient (Wildman–Crippen LogP) is 1.35. The van der Waals surface area contributed by atoms with Gasteiger partial charge in [-0.3, -0.25) is 14.5 Å². The topological polar surface area (TPSA) is 49.4 Å². The minimum atomic E-state index is 0.0924. The van der Waals surface area contributed by atoms with Crippen molar-refractivity contribution in [1.82, 2.24) is 10.2 Å². The van der Waals surface area contributed by atoms with Gasteiger partial charge in [0.25, 0.3) is 0 Å². The number of likely N-dealkylation sites (tertiary alicyclic amines) is 1. The van der Waals surface area contributed by atoms with Crippen LogP contribution in [0.4, 0.5) is 0 Å². The van der Waals surface area contributed by atoms with Crippen LogP contribution in [0.3, 0.4) is 0 Å². The molecule has 1 amide bonds. The Hall–Kier alpha value is -0.900. The molecule has 2 atom stereocenters. The maximum absolute atomic E-state index is 11.9. The lowest BCUT2D eigenvalue weighted by Crippen LogP contribution is -2.49. The first-order valence-electron chi connectivity index (χ1n) is 7.26. The van der Waals surface area contributed by atoms with Gasteiger partial charge in [0.05, 0.1) is 6.54 Å². The summed E-state index contributed by atoms with van der Waals surface area (Å²) in [5.74, 6) is 0.706. The van der Waals surface area contributed by atoms with Gasteiger partial charge in [0.1, 0.15) is 5.78 Å². The molecule has 4 nitrogen and oxygen atoms in total. The second-order valence-corrected chi connectivity index (χ2v) is 5.45. The highest BCUT2D eigenvalue weighted by molar-refractivity contribution is 5.84. The first-order chi connectivity index (χ1) is 8.72. The molecule has 18 heavy (non-hydrogen) atoms. The molecular formula is C14H24N2O2. The van der Waals surface area contributed by atoms with Crippen molar-refractivity contribution in [2.75, 3.05) is 19.6 Å². The lowest BCUT2D eigenvalue weighted by atomic mass is 9.88. The Kier molecular flexibility index (Phi) is 4.75. The molecule has 0 bridgehead atoms. The van der Waals surface area contributed by atoms with Crippen LogP contribution in [-0.2, 0) is 9.59 Å². The molecule has 2 aliphatic rings. The molecule has 102 valence electrons. The molecular weight excluding hydrogens is 228 g/mol. The highest BCUT2D eigenvalue weighted by Gasteiger charge is 2.37. The fourth-order valence-corrected chi connectivity index (χ4v) is 3.36. The number of piperidine rings is 1. The molecule has 4 heteroatoms. The third kappa shape index (κ3) is 3.10. The molecule has 0 aromatic heterocycles. The molecule has 1 aliphatic heterocycles. The van der Waals surface area contributed by atoms with Gasteiger partial charge >= 0.3 is 0 Å². The van der Waals surface area contributed by atoms with Gasteiger partial charge in [-0.1, -0.05) is 6.42 Å². The van der Waals surface area contributed by atoms with Crippen LogP contribution in [0.15, 0.2) is 0 Å². The van der Waals surface area contributed by atoms with Crippen LogP contribution in [0.5, 0.6) is 0 Å². The predicted molar refractivity (Wildman–Crippen MR) is 70.2 cm³/mol. The first-order valence-corrected chi connectivity index (χ1v) is 7.26. The summed E-state index contributed by atoms with van der Waals surface area (Å²) in [6.45, 7) is 4.04. The Labute approximate surface area is 109 Å². The van der Waals surface area contributed by atoms with Gasteiger partial charge in [0.2, 0.25) is 5.91 Å². The molecule has 2 unspecified atom stereocenters. The van der Waals surface area contributed by atoms with E-state index in [9.17, 15) is 9.59 Å². The van der Waals surface area contributed by atoms with Crippen LogP contribution in [0.25, 0.3) is 0 Å². The Morgan fingerprint density at radius 3 is 2.83 bits per heavy atom. The van der Waals surface area contributed by atoms with Crippen molar-refractivity contribution in [3.63, 3.8) is 0 Å². The quantitative estimate of drug-likeness (QED) is 0.821. The number of amides is 1. The number of Topliss-reactive ketones (excluding diaryl/α,β-unsaturated/α-hetero) is 1. The van der Waals surface area contributed by atoms with Gasteiger partial charge in [-0.15, -0.1) is 0 Å². The zero-order chi connectivity index (χ0) is 13.0. The van der Waals surface area contributed by atoms with Crippen LogP contribution in [0, 0.1) is 5.92 Å². The Bertz CT molecular complexity index is 317. The van der Waals surface area contributed by atoms with Crippen LogP contribution in [0.2, 0.25) is 0 Å². The third-order valence-electron chi connectivity index (χ3n) is 4.20. The van der Waals surface area contributed by atoms with E-state index in [0.29, 0.717) is 24.9 Å². The molecule has 0 aromatic carbocycles. The monoisotopic (exact) mass is 252 g/mol. The number of carbonyl (C=O) groups is 2. The molecule has 0 spiro atoms. The van der Waals surface area contributed by atoms with E-state index >= 15 is 0 Å². The molecule has 2 rings (SSSR count). The van der Waals surface area contributed by atoms with E-state index in [1.807, 2.05) is 6.92 Å². The van der Waals surface area contributed by atoms with E-state index < -0.39 is 0 Å². The standard InChI is InChI=1S/C14H24N2O2/c1-2-15-14(18)10-16-9-4-3-7-12(16)11-6-5-8-13(11)17/h11-12H,2-10H2,1H3,(H,15,18). The summed E-state index contributed by atoms with van der Waals surface area (Å²) >= 11 is 0. The summed E-state index contributed by atoms with van der Waals surface area (Å²) < 4.78 is 0. The van der Waals surface area contributed by atoms with E-state index in [4.69, 9.17) is 0 Å². The van der Waals surface area contributed by atoms with Gasteiger partial charge in [-0.2, -0.15) is 0 Å². The highest BCUT2D eigenvalue weighted by Crippen LogP contribution is 2.32. The number of ketones is 1. The number of carbonyl (C=O) groups excluding carboxylic acids is 2. The fourth-order valence-electron chi connectivity index (χ4n) is 3.36. The SMILES string of the molecule is CCNC(=O)CN1CCCCC1C1CCCC1=O. The largest absolute Gasteiger partial charge is 0.355 e. The second kappa shape index (κ2) is 6.32. The molecule has 1 saturated heterocycles. The normalized spacial score (nSPS) is 29.5.